The Bertz CT molecular complexity index is 932. The van der Waals surface area contributed by atoms with Crippen molar-refractivity contribution in [1.29, 1.82) is 0 Å². The maximum Gasteiger partial charge on any atom is 0.222 e. The molecule has 1 saturated heterocycles. The van der Waals surface area contributed by atoms with Crippen LogP contribution in [0, 0.1) is 18.3 Å². The van der Waals surface area contributed by atoms with Gasteiger partial charge in [-0.15, -0.1) is 0 Å². The molecular formula is C36H68N6O2. The minimum absolute atomic E-state index is 0.101. The van der Waals surface area contributed by atoms with Crippen molar-refractivity contribution in [1.82, 2.24) is 29.9 Å². The predicted molar refractivity (Wildman–Crippen MR) is 188 cm³/mol. The van der Waals surface area contributed by atoms with Crippen LogP contribution in [0.25, 0.3) is 0 Å². The van der Waals surface area contributed by atoms with Gasteiger partial charge < -0.3 is 15.1 Å². The van der Waals surface area contributed by atoms with Crippen LogP contribution in [0.4, 0.5) is 0 Å². The molecule has 1 aliphatic rings. The van der Waals surface area contributed by atoms with Gasteiger partial charge in [-0.2, -0.15) is 5.10 Å². The van der Waals surface area contributed by atoms with Crippen molar-refractivity contribution >= 4 is 11.8 Å². The summed E-state index contributed by atoms with van der Waals surface area (Å²) in [6.45, 7) is 22.7. The standard InChI is InChI=1S/C21H30N4O.C6H14N2O.C4H10.C3H8.C2H6/c1-17(2)21(14-25-16-22-15-23-25)10-12-24(13-11-21)20(26)9-8-19-6-4-18(3)5-7-19;1-7-6(9)4-5-8(2)3;1-3-4-2;1-3-2;1-2/h4-7,15-17H,8-14H2,1-3H3;4-5H2,1-3H3,(H,7,9);3-4H2,1-2H3;3H2,1-2H3;1-2H3. The molecule has 2 amide bonds. The van der Waals surface area contributed by atoms with Crippen LogP contribution < -0.4 is 5.32 Å². The first-order chi connectivity index (χ1) is 21.0. The third kappa shape index (κ3) is 19.5. The van der Waals surface area contributed by atoms with E-state index in [1.165, 1.54) is 30.4 Å². The smallest absolute Gasteiger partial charge is 0.222 e. The fourth-order valence-electron chi connectivity index (χ4n) is 4.37. The number of rotatable bonds is 10. The number of benzene rings is 1. The molecule has 2 heterocycles. The molecule has 44 heavy (non-hydrogen) atoms. The molecule has 0 bridgehead atoms. The normalized spacial score (nSPS) is 13.2. The molecule has 0 atom stereocenters. The van der Waals surface area contributed by atoms with Crippen LogP contribution in [-0.2, 0) is 22.6 Å². The number of aryl methyl sites for hydroxylation is 2. The van der Waals surface area contributed by atoms with E-state index in [4.69, 9.17) is 0 Å². The summed E-state index contributed by atoms with van der Waals surface area (Å²) >= 11 is 0. The van der Waals surface area contributed by atoms with Gasteiger partial charge >= 0.3 is 0 Å². The summed E-state index contributed by atoms with van der Waals surface area (Å²) in [5.41, 5.74) is 2.69. The molecule has 8 nitrogen and oxygen atoms in total. The maximum atomic E-state index is 12.6. The number of aromatic nitrogens is 3. The van der Waals surface area contributed by atoms with Gasteiger partial charge in [0.25, 0.3) is 0 Å². The Kier molecular flexibility index (Phi) is 26.3. The predicted octanol–water partition coefficient (Wildman–Crippen LogP) is 7.42. The zero-order valence-electron chi connectivity index (χ0n) is 30.6. The summed E-state index contributed by atoms with van der Waals surface area (Å²) in [7, 11) is 5.55. The van der Waals surface area contributed by atoms with Gasteiger partial charge in [0, 0.05) is 46.1 Å². The fraction of sp³-hybridized carbons (Fsp3) is 0.722. The number of nitrogens with zero attached hydrogens (tertiary/aromatic N) is 5. The lowest BCUT2D eigenvalue weighted by Gasteiger charge is -2.44. The van der Waals surface area contributed by atoms with Crippen LogP contribution in [0.15, 0.2) is 36.9 Å². The van der Waals surface area contributed by atoms with Crippen LogP contribution in [-0.4, -0.2) is 77.2 Å². The van der Waals surface area contributed by atoms with Gasteiger partial charge in [-0.1, -0.05) is 104 Å². The van der Waals surface area contributed by atoms with Crippen molar-refractivity contribution in [3.8, 4) is 0 Å². The molecule has 1 aromatic heterocycles. The number of piperidine rings is 1. The highest BCUT2D eigenvalue weighted by atomic mass is 16.2. The Morgan fingerprint density at radius 3 is 1.93 bits per heavy atom. The first-order valence-electron chi connectivity index (χ1n) is 17.0. The van der Waals surface area contributed by atoms with Crippen molar-refractivity contribution < 1.29 is 9.59 Å². The molecule has 1 fully saturated rings. The highest BCUT2D eigenvalue weighted by Crippen LogP contribution is 2.40. The molecule has 3 rings (SSSR count). The van der Waals surface area contributed by atoms with Gasteiger partial charge in [-0.25, -0.2) is 4.98 Å². The summed E-state index contributed by atoms with van der Waals surface area (Å²) in [5.74, 6) is 0.934. The van der Waals surface area contributed by atoms with Crippen LogP contribution in [0.2, 0.25) is 0 Å². The minimum Gasteiger partial charge on any atom is -0.359 e. The Morgan fingerprint density at radius 1 is 0.977 bits per heavy atom. The zero-order chi connectivity index (χ0) is 34.0. The quantitative estimate of drug-likeness (QED) is 0.300. The lowest BCUT2D eigenvalue weighted by molar-refractivity contribution is -0.134. The van der Waals surface area contributed by atoms with Gasteiger partial charge in [0.15, 0.2) is 0 Å². The number of likely N-dealkylation sites (tertiary alicyclic amines) is 1. The SMILES string of the molecule is CC.CCC.CCCC.CNC(=O)CCN(C)C.Cc1ccc(CCC(=O)N2CCC(Cn3cncn3)(C(C)C)CC2)cc1. The van der Waals surface area contributed by atoms with Gasteiger partial charge in [0.05, 0.1) is 0 Å². The minimum atomic E-state index is 0.101. The van der Waals surface area contributed by atoms with E-state index in [-0.39, 0.29) is 17.2 Å². The van der Waals surface area contributed by atoms with Crippen molar-refractivity contribution in [3.05, 3.63) is 48.0 Å². The van der Waals surface area contributed by atoms with Crippen LogP contribution in [0.5, 0.6) is 0 Å². The van der Waals surface area contributed by atoms with E-state index in [2.05, 4.69) is 93.0 Å². The average molecular weight is 617 g/mol. The van der Waals surface area contributed by atoms with Crippen LogP contribution in [0.3, 0.4) is 0 Å². The largest absolute Gasteiger partial charge is 0.359 e. The number of amides is 2. The first kappa shape index (κ1) is 43.4. The summed E-state index contributed by atoms with van der Waals surface area (Å²) in [6, 6.07) is 8.48. The Balaban J connectivity index is 0. The highest BCUT2D eigenvalue weighted by Gasteiger charge is 2.39. The monoisotopic (exact) mass is 617 g/mol. The molecule has 1 N–H and O–H groups in total. The van der Waals surface area contributed by atoms with Crippen molar-refractivity contribution in [2.24, 2.45) is 11.3 Å². The summed E-state index contributed by atoms with van der Waals surface area (Å²) in [5, 5.41) is 6.84. The number of hydrogen-bond donors (Lipinski definition) is 1. The maximum absolute atomic E-state index is 12.6. The third-order valence-electron chi connectivity index (χ3n) is 7.59. The topological polar surface area (TPSA) is 83.4 Å². The lowest BCUT2D eigenvalue weighted by Crippen LogP contribution is -2.47. The second-order valence-electron chi connectivity index (χ2n) is 11.9. The second-order valence-corrected chi connectivity index (χ2v) is 11.9. The van der Waals surface area contributed by atoms with Crippen molar-refractivity contribution in [2.75, 3.05) is 40.8 Å². The molecule has 2 aromatic rings. The van der Waals surface area contributed by atoms with E-state index in [0.29, 0.717) is 18.8 Å². The summed E-state index contributed by atoms with van der Waals surface area (Å²) in [4.78, 5) is 31.3. The van der Waals surface area contributed by atoms with E-state index in [9.17, 15) is 9.59 Å². The van der Waals surface area contributed by atoms with E-state index < -0.39 is 0 Å². The molecule has 1 aromatic carbocycles. The second kappa shape index (κ2) is 26.6. The molecule has 0 unspecified atom stereocenters. The number of carbonyl (C=O) groups excluding carboxylic acids is 2. The van der Waals surface area contributed by atoms with Crippen molar-refractivity contribution in [3.63, 3.8) is 0 Å². The molecule has 0 aliphatic carbocycles. The zero-order valence-corrected chi connectivity index (χ0v) is 30.6. The third-order valence-corrected chi connectivity index (χ3v) is 7.59. The fourth-order valence-corrected chi connectivity index (χ4v) is 4.37. The van der Waals surface area contributed by atoms with Gasteiger partial charge in [-0.05, 0) is 57.2 Å². The number of hydrogen-bond acceptors (Lipinski definition) is 5. The van der Waals surface area contributed by atoms with Gasteiger partial charge in [0.2, 0.25) is 11.8 Å². The van der Waals surface area contributed by atoms with Gasteiger partial charge in [0.1, 0.15) is 12.7 Å². The molecule has 0 radical (unpaired) electrons. The van der Waals surface area contributed by atoms with E-state index in [1.807, 2.05) is 37.5 Å². The Labute approximate surface area is 271 Å². The molecule has 254 valence electrons. The number of unbranched alkanes of at least 4 members (excludes halogenated alkanes) is 1. The lowest BCUT2D eigenvalue weighted by atomic mass is 9.70. The molecular weight excluding hydrogens is 548 g/mol. The number of nitrogens with one attached hydrogen (secondary N) is 1. The Morgan fingerprint density at radius 2 is 1.52 bits per heavy atom. The molecule has 1 aliphatic heterocycles. The Hall–Kier alpha value is -2.74. The first-order valence-corrected chi connectivity index (χ1v) is 17.0. The summed E-state index contributed by atoms with van der Waals surface area (Å²) in [6.07, 6.45) is 11.3. The molecule has 0 saturated carbocycles. The molecule has 0 spiro atoms. The number of carbonyl (C=O) groups is 2. The average Bonchev–Trinajstić information content (AvgIpc) is 3.54. The summed E-state index contributed by atoms with van der Waals surface area (Å²) < 4.78 is 1.94. The van der Waals surface area contributed by atoms with E-state index in [1.54, 1.807) is 19.7 Å². The van der Waals surface area contributed by atoms with Crippen LogP contribution >= 0.6 is 0 Å². The van der Waals surface area contributed by atoms with E-state index >= 15 is 0 Å². The van der Waals surface area contributed by atoms with Crippen molar-refractivity contribution in [2.45, 2.75) is 120 Å². The van der Waals surface area contributed by atoms with E-state index in [0.717, 1.165) is 45.4 Å². The molecule has 8 heteroatoms. The highest BCUT2D eigenvalue weighted by molar-refractivity contribution is 5.76. The van der Waals surface area contributed by atoms with Gasteiger partial charge in [-0.3, -0.25) is 14.3 Å². The van der Waals surface area contributed by atoms with Crippen LogP contribution in [0.1, 0.15) is 111 Å².